The zero-order valence-electron chi connectivity index (χ0n) is 10.5. The van der Waals surface area contributed by atoms with E-state index in [0.29, 0.717) is 22.6 Å². The average Bonchev–Trinajstić information content (AvgIpc) is 2.89. The number of carbonyl (C=O) groups is 1. The lowest BCUT2D eigenvalue weighted by atomic mass is 10.2. The number of ether oxygens (including phenoxy) is 1. The van der Waals surface area contributed by atoms with E-state index in [-0.39, 0.29) is 5.56 Å². The fraction of sp³-hybridized carbons (Fsp3) is 0.0769. The van der Waals surface area contributed by atoms with Crippen LogP contribution < -0.4 is 5.56 Å². The van der Waals surface area contributed by atoms with Gasteiger partial charge >= 0.3 is 5.97 Å². The quantitative estimate of drug-likeness (QED) is 0.698. The number of nitrogens with one attached hydrogen (secondary N) is 1. The van der Waals surface area contributed by atoms with Gasteiger partial charge in [-0.3, -0.25) is 9.20 Å². The summed E-state index contributed by atoms with van der Waals surface area (Å²) in [5.74, 6) is 0.0364. The minimum Gasteiger partial charge on any atom is -0.465 e. The van der Waals surface area contributed by atoms with E-state index in [0.717, 1.165) is 0 Å². The smallest absolute Gasteiger partial charge is 0.339 e. The van der Waals surface area contributed by atoms with Gasteiger partial charge in [0.15, 0.2) is 11.5 Å². The number of hydrogen-bond donors (Lipinski definition) is 1. The summed E-state index contributed by atoms with van der Waals surface area (Å²) in [5, 5.41) is 8.04. The largest absolute Gasteiger partial charge is 0.465 e. The van der Waals surface area contributed by atoms with Crippen molar-refractivity contribution in [3.05, 3.63) is 52.6 Å². The summed E-state index contributed by atoms with van der Waals surface area (Å²) in [7, 11) is 1.32. The molecule has 0 spiro atoms. The molecule has 100 valence electrons. The molecule has 3 heterocycles. The first-order chi connectivity index (χ1) is 9.69. The van der Waals surface area contributed by atoms with Gasteiger partial charge in [-0.2, -0.15) is 0 Å². The second-order valence-electron chi connectivity index (χ2n) is 4.10. The predicted molar refractivity (Wildman–Crippen MR) is 70.4 cm³/mol. The fourth-order valence-corrected chi connectivity index (χ4v) is 1.91. The molecule has 0 aromatic carbocycles. The summed E-state index contributed by atoms with van der Waals surface area (Å²) in [6.07, 6.45) is 3.11. The third kappa shape index (κ3) is 1.95. The molecule has 3 aromatic rings. The van der Waals surface area contributed by atoms with Crippen LogP contribution in [0.2, 0.25) is 0 Å². The lowest BCUT2D eigenvalue weighted by molar-refractivity contribution is 0.0600. The Morgan fingerprint density at radius 1 is 1.30 bits per heavy atom. The van der Waals surface area contributed by atoms with E-state index in [1.165, 1.54) is 19.4 Å². The Labute approximate surface area is 112 Å². The number of methoxy groups -OCH3 is 1. The molecule has 0 saturated carbocycles. The van der Waals surface area contributed by atoms with Crippen LogP contribution in [0.5, 0.6) is 0 Å². The van der Waals surface area contributed by atoms with Crippen molar-refractivity contribution in [2.75, 3.05) is 7.11 Å². The third-order valence-corrected chi connectivity index (χ3v) is 2.86. The molecule has 0 aliphatic rings. The molecule has 0 fully saturated rings. The Hall–Kier alpha value is -2.96. The number of H-pyrrole nitrogens is 1. The van der Waals surface area contributed by atoms with Crippen molar-refractivity contribution in [3.8, 4) is 11.4 Å². The third-order valence-electron chi connectivity index (χ3n) is 2.86. The van der Waals surface area contributed by atoms with Gasteiger partial charge in [-0.25, -0.2) is 4.79 Å². The first-order valence-electron chi connectivity index (χ1n) is 5.81. The first-order valence-corrected chi connectivity index (χ1v) is 5.81. The number of aromatic nitrogens is 4. The van der Waals surface area contributed by atoms with Gasteiger partial charge in [-0.05, 0) is 18.2 Å². The number of pyridine rings is 2. The highest BCUT2D eigenvalue weighted by atomic mass is 16.5. The Balaban J connectivity index is 2.21. The number of nitrogens with zero attached hydrogens (tertiary/aromatic N) is 3. The Morgan fingerprint density at radius 3 is 2.90 bits per heavy atom. The Bertz CT molecular complexity index is 850. The van der Waals surface area contributed by atoms with Crippen LogP contribution in [-0.4, -0.2) is 32.7 Å². The molecule has 3 rings (SSSR count). The van der Waals surface area contributed by atoms with E-state index in [4.69, 9.17) is 0 Å². The molecule has 0 aliphatic heterocycles. The molecule has 0 saturated heterocycles. The lowest BCUT2D eigenvalue weighted by Crippen LogP contribution is -2.05. The van der Waals surface area contributed by atoms with E-state index < -0.39 is 5.97 Å². The fourth-order valence-electron chi connectivity index (χ4n) is 1.91. The molecule has 1 N–H and O–H groups in total. The molecule has 0 atom stereocenters. The Morgan fingerprint density at radius 2 is 2.15 bits per heavy atom. The van der Waals surface area contributed by atoms with Crippen LogP contribution in [0.3, 0.4) is 0 Å². The van der Waals surface area contributed by atoms with Gasteiger partial charge in [-0.1, -0.05) is 0 Å². The Kier molecular flexibility index (Phi) is 2.79. The number of fused-ring (bicyclic) bond motifs is 1. The van der Waals surface area contributed by atoms with Crippen molar-refractivity contribution in [3.63, 3.8) is 0 Å². The summed E-state index contributed by atoms with van der Waals surface area (Å²) < 4.78 is 6.32. The second kappa shape index (κ2) is 4.61. The average molecular weight is 270 g/mol. The lowest BCUT2D eigenvalue weighted by Gasteiger charge is -2.02. The van der Waals surface area contributed by atoms with Crippen LogP contribution in [0.1, 0.15) is 10.4 Å². The van der Waals surface area contributed by atoms with Gasteiger partial charge in [0.05, 0.1) is 12.7 Å². The zero-order valence-corrected chi connectivity index (χ0v) is 10.5. The number of rotatable bonds is 2. The molecular formula is C13H10N4O3. The molecule has 0 unspecified atom stereocenters. The first kappa shape index (κ1) is 12.1. The second-order valence-corrected chi connectivity index (χ2v) is 4.10. The highest BCUT2D eigenvalue weighted by Crippen LogP contribution is 2.17. The summed E-state index contributed by atoms with van der Waals surface area (Å²) in [5.41, 5.74) is 1.34. The van der Waals surface area contributed by atoms with Gasteiger partial charge in [0.25, 0.3) is 0 Å². The maximum Gasteiger partial charge on any atom is 0.339 e. The maximum atomic E-state index is 11.5. The maximum absolute atomic E-state index is 11.5. The summed E-state index contributed by atoms with van der Waals surface area (Å²) in [4.78, 5) is 25.4. The van der Waals surface area contributed by atoms with Gasteiger partial charge in [0, 0.05) is 24.0 Å². The molecule has 0 aliphatic carbocycles. The summed E-state index contributed by atoms with van der Waals surface area (Å²) >= 11 is 0. The van der Waals surface area contributed by atoms with Crippen LogP contribution in [-0.2, 0) is 4.74 Å². The molecule has 0 bridgehead atoms. The molecule has 7 nitrogen and oxygen atoms in total. The number of hydrogen-bond acceptors (Lipinski definition) is 5. The monoisotopic (exact) mass is 270 g/mol. The van der Waals surface area contributed by atoms with E-state index in [9.17, 15) is 9.59 Å². The van der Waals surface area contributed by atoms with Gasteiger partial charge < -0.3 is 9.72 Å². The van der Waals surface area contributed by atoms with Crippen LogP contribution in [0.4, 0.5) is 0 Å². The van der Waals surface area contributed by atoms with Crippen LogP contribution in [0.25, 0.3) is 17.0 Å². The van der Waals surface area contributed by atoms with Gasteiger partial charge in [-0.15, -0.1) is 10.2 Å². The summed E-state index contributed by atoms with van der Waals surface area (Å²) in [6.45, 7) is 0. The molecular weight excluding hydrogens is 260 g/mol. The zero-order chi connectivity index (χ0) is 14.1. The van der Waals surface area contributed by atoms with Crippen LogP contribution in [0.15, 0.2) is 41.5 Å². The SMILES string of the molecule is COC(=O)c1ccc2nnc(-c3cc[nH]c(=O)c3)n2c1. The van der Waals surface area contributed by atoms with E-state index in [1.807, 2.05) is 0 Å². The van der Waals surface area contributed by atoms with Crippen molar-refractivity contribution < 1.29 is 9.53 Å². The van der Waals surface area contributed by atoms with E-state index in [1.54, 1.807) is 28.8 Å². The summed E-state index contributed by atoms with van der Waals surface area (Å²) in [6, 6.07) is 6.40. The number of aromatic amines is 1. The highest BCUT2D eigenvalue weighted by Gasteiger charge is 2.12. The standard InChI is InChI=1S/C13H10N4O3/c1-20-13(19)9-2-3-10-15-16-12(17(10)7-9)8-4-5-14-11(18)6-8/h2-7H,1H3,(H,14,18). The molecule has 20 heavy (non-hydrogen) atoms. The molecule has 3 aromatic heterocycles. The van der Waals surface area contributed by atoms with Crippen molar-refractivity contribution in [2.24, 2.45) is 0 Å². The van der Waals surface area contributed by atoms with Crippen LogP contribution in [0, 0.1) is 0 Å². The molecule has 7 heteroatoms. The number of esters is 1. The minimum absolute atomic E-state index is 0.233. The number of carbonyl (C=O) groups excluding carboxylic acids is 1. The van der Waals surface area contributed by atoms with Crippen molar-refractivity contribution in [2.45, 2.75) is 0 Å². The minimum atomic E-state index is -0.447. The molecule has 0 radical (unpaired) electrons. The van der Waals surface area contributed by atoms with Crippen LogP contribution >= 0.6 is 0 Å². The van der Waals surface area contributed by atoms with E-state index in [2.05, 4.69) is 19.9 Å². The van der Waals surface area contributed by atoms with Crippen molar-refractivity contribution in [1.82, 2.24) is 19.6 Å². The van der Waals surface area contributed by atoms with Crippen molar-refractivity contribution in [1.29, 1.82) is 0 Å². The normalized spacial score (nSPS) is 10.7. The highest BCUT2D eigenvalue weighted by molar-refractivity contribution is 5.89. The van der Waals surface area contributed by atoms with Gasteiger partial charge in [0.1, 0.15) is 0 Å². The van der Waals surface area contributed by atoms with Crippen molar-refractivity contribution >= 4 is 11.6 Å². The van der Waals surface area contributed by atoms with Gasteiger partial charge in [0.2, 0.25) is 5.56 Å². The predicted octanol–water partition coefficient (Wildman–Crippen LogP) is 0.871. The molecule has 0 amide bonds. The van der Waals surface area contributed by atoms with E-state index >= 15 is 0 Å². The topological polar surface area (TPSA) is 89.3 Å².